The SMILES string of the molecule is CCCn1c(O)c(N=NC(=O)c2ccncc2)c2ccccc21. The van der Waals surface area contributed by atoms with Crippen LogP contribution in [-0.2, 0) is 6.54 Å². The van der Waals surface area contributed by atoms with Crippen molar-refractivity contribution >= 4 is 22.5 Å². The molecule has 0 aliphatic carbocycles. The predicted octanol–water partition coefficient (Wildman–Crippen LogP) is 4.08. The van der Waals surface area contributed by atoms with Gasteiger partial charge in [0.25, 0.3) is 5.91 Å². The molecule has 6 nitrogen and oxygen atoms in total. The van der Waals surface area contributed by atoms with E-state index in [-0.39, 0.29) is 5.88 Å². The molecule has 23 heavy (non-hydrogen) atoms. The number of amides is 1. The van der Waals surface area contributed by atoms with E-state index in [2.05, 4.69) is 15.2 Å². The van der Waals surface area contributed by atoms with Crippen molar-refractivity contribution in [1.29, 1.82) is 0 Å². The molecular weight excluding hydrogens is 292 g/mol. The second kappa shape index (κ2) is 6.39. The van der Waals surface area contributed by atoms with Gasteiger partial charge in [0.2, 0.25) is 5.88 Å². The van der Waals surface area contributed by atoms with E-state index >= 15 is 0 Å². The van der Waals surface area contributed by atoms with Crippen molar-refractivity contribution in [3.63, 3.8) is 0 Å². The van der Waals surface area contributed by atoms with Crippen LogP contribution in [0.5, 0.6) is 5.88 Å². The fourth-order valence-electron chi connectivity index (χ4n) is 2.47. The fraction of sp³-hybridized carbons (Fsp3) is 0.176. The van der Waals surface area contributed by atoms with Crippen LogP contribution in [0.1, 0.15) is 23.7 Å². The monoisotopic (exact) mass is 308 g/mol. The fourth-order valence-corrected chi connectivity index (χ4v) is 2.47. The maximum absolute atomic E-state index is 12.0. The highest BCUT2D eigenvalue weighted by molar-refractivity contribution is 5.97. The Kier molecular flexibility index (Phi) is 4.14. The summed E-state index contributed by atoms with van der Waals surface area (Å²) in [6, 6.07) is 10.7. The summed E-state index contributed by atoms with van der Waals surface area (Å²) in [5.41, 5.74) is 1.59. The summed E-state index contributed by atoms with van der Waals surface area (Å²) >= 11 is 0. The first kappa shape index (κ1) is 14.9. The molecule has 116 valence electrons. The lowest BCUT2D eigenvalue weighted by Gasteiger charge is -2.03. The highest BCUT2D eigenvalue weighted by atomic mass is 16.3. The third-order valence-corrected chi connectivity index (χ3v) is 3.53. The van der Waals surface area contributed by atoms with Crippen LogP contribution >= 0.6 is 0 Å². The minimum Gasteiger partial charge on any atom is -0.493 e. The molecule has 0 saturated heterocycles. The van der Waals surface area contributed by atoms with Gasteiger partial charge in [0, 0.05) is 29.9 Å². The second-order valence-electron chi connectivity index (χ2n) is 5.08. The van der Waals surface area contributed by atoms with Crippen molar-refractivity contribution in [2.24, 2.45) is 10.2 Å². The third kappa shape index (κ3) is 2.83. The molecule has 0 aliphatic heterocycles. The quantitative estimate of drug-likeness (QED) is 0.737. The van der Waals surface area contributed by atoms with E-state index in [9.17, 15) is 9.90 Å². The Morgan fingerprint density at radius 3 is 2.70 bits per heavy atom. The number of nitrogens with zero attached hydrogens (tertiary/aromatic N) is 4. The van der Waals surface area contributed by atoms with Gasteiger partial charge in [0.1, 0.15) is 0 Å². The highest BCUT2D eigenvalue weighted by Crippen LogP contribution is 2.38. The van der Waals surface area contributed by atoms with Crippen molar-refractivity contribution in [3.8, 4) is 5.88 Å². The minimum absolute atomic E-state index is 0.0272. The van der Waals surface area contributed by atoms with Gasteiger partial charge in [-0.3, -0.25) is 9.78 Å². The van der Waals surface area contributed by atoms with E-state index < -0.39 is 5.91 Å². The van der Waals surface area contributed by atoms with E-state index in [0.717, 1.165) is 17.3 Å². The van der Waals surface area contributed by atoms with Crippen LogP contribution in [0, 0.1) is 0 Å². The largest absolute Gasteiger partial charge is 0.493 e. The molecule has 0 unspecified atom stereocenters. The van der Waals surface area contributed by atoms with E-state index in [1.165, 1.54) is 12.4 Å². The number of carbonyl (C=O) groups excluding carboxylic acids is 1. The third-order valence-electron chi connectivity index (χ3n) is 3.53. The Hall–Kier alpha value is -3.02. The number of aromatic nitrogens is 2. The number of fused-ring (bicyclic) bond motifs is 1. The lowest BCUT2D eigenvalue weighted by atomic mass is 10.2. The lowest BCUT2D eigenvalue weighted by molar-refractivity contribution is 0.0995. The number of pyridine rings is 1. The Bertz CT molecular complexity index is 869. The number of hydrogen-bond acceptors (Lipinski definition) is 4. The molecule has 6 heteroatoms. The summed E-state index contributed by atoms with van der Waals surface area (Å²) in [7, 11) is 0. The van der Waals surface area contributed by atoms with E-state index in [1.54, 1.807) is 16.7 Å². The molecule has 0 spiro atoms. The standard InChI is InChI=1S/C17H16N4O2/c1-2-11-21-14-6-4-3-5-13(14)15(17(21)23)19-20-16(22)12-7-9-18-10-8-12/h3-10,23H,2,11H2,1H3. The second-order valence-corrected chi connectivity index (χ2v) is 5.08. The predicted molar refractivity (Wildman–Crippen MR) is 87.0 cm³/mol. The Labute approximate surface area is 133 Å². The molecule has 3 aromatic rings. The molecule has 3 rings (SSSR count). The zero-order chi connectivity index (χ0) is 16.2. The van der Waals surface area contributed by atoms with Gasteiger partial charge in [-0.25, -0.2) is 0 Å². The summed E-state index contributed by atoms with van der Waals surface area (Å²) in [5, 5.41) is 18.9. The topological polar surface area (TPSA) is 79.8 Å². The molecule has 1 aromatic carbocycles. The maximum atomic E-state index is 12.0. The number of hydrogen-bond donors (Lipinski definition) is 1. The smallest absolute Gasteiger partial charge is 0.295 e. The molecule has 0 radical (unpaired) electrons. The van der Waals surface area contributed by atoms with Crippen LogP contribution in [0.25, 0.3) is 10.9 Å². The van der Waals surface area contributed by atoms with E-state index in [4.69, 9.17) is 0 Å². The van der Waals surface area contributed by atoms with Crippen molar-refractivity contribution in [2.75, 3.05) is 0 Å². The van der Waals surface area contributed by atoms with Gasteiger partial charge in [-0.15, -0.1) is 10.2 Å². The number of carbonyl (C=O) groups is 1. The summed E-state index contributed by atoms with van der Waals surface area (Å²) < 4.78 is 1.78. The molecule has 1 N–H and O–H groups in total. The number of azo groups is 1. The molecule has 2 heterocycles. The van der Waals surface area contributed by atoms with Gasteiger partial charge in [-0.1, -0.05) is 25.1 Å². The lowest BCUT2D eigenvalue weighted by Crippen LogP contribution is -1.94. The van der Waals surface area contributed by atoms with E-state index in [0.29, 0.717) is 17.8 Å². The maximum Gasteiger partial charge on any atom is 0.295 e. The molecule has 1 amide bonds. The molecule has 0 aliphatic rings. The molecule has 0 bridgehead atoms. The van der Waals surface area contributed by atoms with Gasteiger partial charge in [-0.2, -0.15) is 0 Å². The normalized spacial score (nSPS) is 11.3. The molecule has 0 saturated carbocycles. The number of aryl methyl sites for hydroxylation is 1. The Morgan fingerprint density at radius 1 is 1.22 bits per heavy atom. The van der Waals surface area contributed by atoms with Crippen LogP contribution in [0.3, 0.4) is 0 Å². The summed E-state index contributed by atoms with van der Waals surface area (Å²) in [6.45, 7) is 2.70. The van der Waals surface area contributed by atoms with Crippen LogP contribution in [0.2, 0.25) is 0 Å². The molecular formula is C17H16N4O2. The Morgan fingerprint density at radius 2 is 1.96 bits per heavy atom. The number of rotatable bonds is 4. The summed E-state index contributed by atoms with van der Waals surface area (Å²) in [5.74, 6) is -0.446. The summed E-state index contributed by atoms with van der Waals surface area (Å²) in [6.07, 6.45) is 3.92. The Balaban J connectivity index is 2.01. The first-order valence-corrected chi connectivity index (χ1v) is 7.38. The van der Waals surface area contributed by atoms with Gasteiger partial charge < -0.3 is 9.67 Å². The average Bonchev–Trinajstić information content (AvgIpc) is 2.86. The van der Waals surface area contributed by atoms with Crippen molar-refractivity contribution < 1.29 is 9.90 Å². The minimum atomic E-state index is -0.473. The zero-order valence-electron chi connectivity index (χ0n) is 12.7. The van der Waals surface area contributed by atoms with Crippen LogP contribution < -0.4 is 0 Å². The van der Waals surface area contributed by atoms with Gasteiger partial charge in [0.15, 0.2) is 5.69 Å². The van der Waals surface area contributed by atoms with Crippen LogP contribution in [0.4, 0.5) is 5.69 Å². The highest BCUT2D eigenvalue weighted by Gasteiger charge is 2.16. The zero-order valence-corrected chi connectivity index (χ0v) is 12.7. The molecule has 0 atom stereocenters. The van der Waals surface area contributed by atoms with Crippen LogP contribution in [-0.4, -0.2) is 20.6 Å². The van der Waals surface area contributed by atoms with Gasteiger partial charge >= 0.3 is 0 Å². The first-order valence-electron chi connectivity index (χ1n) is 7.38. The number of para-hydroxylation sites is 1. The number of aromatic hydroxyl groups is 1. The van der Waals surface area contributed by atoms with Crippen LogP contribution in [0.15, 0.2) is 59.0 Å². The average molecular weight is 308 g/mol. The van der Waals surface area contributed by atoms with Crippen molar-refractivity contribution in [1.82, 2.24) is 9.55 Å². The van der Waals surface area contributed by atoms with Gasteiger partial charge in [-0.05, 0) is 24.6 Å². The van der Waals surface area contributed by atoms with Gasteiger partial charge in [0.05, 0.1) is 5.52 Å². The summed E-state index contributed by atoms with van der Waals surface area (Å²) in [4.78, 5) is 15.9. The van der Waals surface area contributed by atoms with Crippen molar-refractivity contribution in [3.05, 3.63) is 54.4 Å². The van der Waals surface area contributed by atoms with Crippen molar-refractivity contribution in [2.45, 2.75) is 19.9 Å². The molecule has 0 fully saturated rings. The van der Waals surface area contributed by atoms with E-state index in [1.807, 2.05) is 31.2 Å². The first-order chi connectivity index (χ1) is 11.2. The number of benzene rings is 1. The molecule has 2 aromatic heterocycles.